The van der Waals surface area contributed by atoms with E-state index in [9.17, 15) is 9.59 Å². The molecule has 2 aromatic carbocycles. The zero-order valence-electron chi connectivity index (χ0n) is 16.2. The van der Waals surface area contributed by atoms with E-state index < -0.39 is 5.91 Å². The largest absolute Gasteiger partial charge is 0.451 e. The zero-order valence-corrected chi connectivity index (χ0v) is 16.2. The average Bonchev–Trinajstić information content (AvgIpc) is 3.16. The molecule has 0 radical (unpaired) electrons. The fraction of sp³-hybridized carbons (Fsp3) is 0.182. The highest BCUT2D eigenvalue weighted by Gasteiger charge is 2.19. The molecule has 0 aliphatic heterocycles. The maximum Gasteiger partial charge on any atom is 0.292 e. The van der Waals surface area contributed by atoms with Gasteiger partial charge in [-0.3, -0.25) is 14.9 Å². The maximum absolute atomic E-state index is 12.6. The van der Waals surface area contributed by atoms with Gasteiger partial charge in [-0.2, -0.15) is 0 Å². The van der Waals surface area contributed by atoms with Crippen molar-refractivity contribution < 1.29 is 13.8 Å². The summed E-state index contributed by atoms with van der Waals surface area (Å²) in [6, 6.07) is 14.1. The molecule has 0 atom stereocenters. The van der Waals surface area contributed by atoms with E-state index in [4.69, 9.17) is 9.05 Å². The molecular formula is C22H19N3O4. The number of carbonyl (C=O) groups is 1. The molecule has 2 aromatic heterocycles. The molecule has 146 valence electrons. The van der Waals surface area contributed by atoms with Crippen LogP contribution in [0.1, 0.15) is 41.4 Å². The molecule has 0 fully saturated rings. The van der Waals surface area contributed by atoms with Gasteiger partial charge in [-0.1, -0.05) is 49.7 Å². The summed E-state index contributed by atoms with van der Waals surface area (Å²) in [6.07, 6.45) is 0. The third-order valence-corrected chi connectivity index (χ3v) is 4.68. The minimum atomic E-state index is -0.611. The lowest BCUT2D eigenvalue weighted by molar-refractivity contribution is 0.0996. The Hall–Kier alpha value is -3.74. The number of aryl methyl sites for hydroxylation is 1. The molecule has 29 heavy (non-hydrogen) atoms. The minimum Gasteiger partial charge on any atom is -0.451 e. The second-order valence-electron chi connectivity index (χ2n) is 7.17. The van der Waals surface area contributed by atoms with Crippen molar-refractivity contribution in [3.8, 4) is 11.3 Å². The van der Waals surface area contributed by atoms with Crippen LogP contribution < -0.4 is 10.7 Å². The number of amides is 1. The highest BCUT2D eigenvalue weighted by atomic mass is 16.6. The summed E-state index contributed by atoms with van der Waals surface area (Å²) in [5.74, 6) is -0.173. The third-order valence-electron chi connectivity index (χ3n) is 4.68. The van der Waals surface area contributed by atoms with Gasteiger partial charge in [-0.15, -0.1) is 0 Å². The number of fused-ring (bicyclic) bond motifs is 1. The van der Waals surface area contributed by atoms with Crippen LogP contribution in [0.5, 0.6) is 0 Å². The Morgan fingerprint density at radius 2 is 1.79 bits per heavy atom. The number of nitrogens with one attached hydrogen (secondary N) is 1. The van der Waals surface area contributed by atoms with Gasteiger partial charge in [0.05, 0.1) is 5.39 Å². The second kappa shape index (κ2) is 7.35. The van der Waals surface area contributed by atoms with Gasteiger partial charge in [0.15, 0.2) is 16.9 Å². The van der Waals surface area contributed by atoms with Crippen LogP contribution in [-0.2, 0) is 0 Å². The van der Waals surface area contributed by atoms with Crippen LogP contribution in [-0.4, -0.2) is 16.2 Å². The Bertz CT molecular complexity index is 1250. The molecule has 1 N–H and O–H groups in total. The first-order chi connectivity index (χ1) is 13.9. The molecular weight excluding hydrogens is 370 g/mol. The first-order valence-electron chi connectivity index (χ1n) is 9.21. The van der Waals surface area contributed by atoms with Crippen LogP contribution >= 0.6 is 0 Å². The molecule has 4 rings (SSSR count). The number of hydrogen-bond donors (Lipinski definition) is 1. The average molecular weight is 389 g/mol. The van der Waals surface area contributed by atoms with Gasteiger partial charge in [0.1, 0.15) is 5.58 Å². The summed E-state index contributed by atoms with van der Waals surface area (Å²) in [7, 11) is 0. The summed E-state index contributed by atoms with van der Waals surface area (Å²) in [5.41, 5.74) is 3.32. The Labute approximate surface area is 166 Å². The van der Waals surface area contributed by atoms with Crippen molar-refractivity contribution in [2.24, 2.45) is 0 Å². The quantitative estimate of drug-likeness (QED) is 0.551. The smallest absolute Gasteiger partial charge is 0.292 e. The molecule has 0 bridgehead atoms. The predicted octanol–water partition coefficient (Wildman–Crippen LogP) is 4.53. The molecule has 0 unspecified atom stereocenters. The Morgan fingerprint density at radius 1 is 1.03 bits per heavy atom. The number of nitrogens with zero attached hydrogens (tertiary/aromatic N) is 2. The van der Waals surface area contributed by atoms with Crippen LogP contribution in [0, 0.1) is 6.92 Å². The van der Waals surface area contributed by atoms with E-state index in [-0.39, 0.29) is 17.0 Å². The van der Waals surface area contributed by atoms with Gasteiger partial charge >= 0.3 is 0 Å². The van der Waals surface area contributed by atoms with Gasteiger partial charge in [0.2, 0.25) is 5.82 Å². The molecule has 0 saturated carbocycles. The van der Waals surface area contributed by atoms with Gasteiger partial charge in [0.25, 0.3) is 5.91 Å². The first kappa shape index (κ1) is 18.6. The SMILES string of the molecule is Cc1ccc2oc(C(=O)Nc3nonc3-c3ccc(C(C)C)cc3)cc(=O)c2c1. The number of carbonyl (C=O) groups excluding carboxylic acids is 1. The van der Waals surface area contributed by atoms with Gasteiger partial charge < -0.3 is 4.42 Å². The molecule has 4 aromatic rings. The molecule has 0 aliphatic rings. The Kier molecular flexibility index (Phi) is 4.72. The zero-order chi connectivity index (χ0) is 20.5. The Morgan fingerprint density at radius 3 is 2.52 bits per heavy atom. The van der Waals surface area contributed by atoms with Crippen molar-refractivity contribution in [1.29, 1.82) is 0 Å². The van der Waals surface area contributed by atoms with Crippen molar-refractivity contribution in [3.05, 3.63) is 75.6 Å². The van der Waals surface area contributed by atoms with E-state index >= 15 is 0 Å². The van der Waals surface area contributed by atoms with Gasteiger partial charge in [-0.25, -0.2) is 4.63 Å². The Balaban J connectivity index is 1.63. The van der Waals surface area contributed by atoms with Crippen molar-refractivity contribution in [3.63, 3.8) is 0 Å². The molecule has 0 spiro atoms. The van der Waals surface area contributed by atoms with E-state index in [0.29, 0.717) is 22.6 Å². The van der Waals surface area contributed by atoms with Gasteiger partial charge in [-0.05, 0) is 40.9 Å². The number of anilines is 1. The molecule has 1 amide bonds. The molecule has 0 aliphatic carbocycles. The fourth-order valence-electron chi connectivity index (χ4n) is 3.04. The van der Waals surface area contributed by atoms with E-state index in [1.54, 1.807) is 12.1 Å². The summed E-state index contributed by atoms with van der Waals surface area (Å²) < 4.78 is 10.4. The van der Waals surface area contributed by atoms with E-state index in [1.165, 1.54) is 11.6 Å². The predicted molar refractivity (Wildman–Crippen MR) is 109 cm³/mol. The highest BCUT2D eigenvalue weighted by Crippen LogP contribution is 2.26. The van der Waals surface area contributed by atoms with E-state index in [0.717, 1.165) is 11.1 Å². The van der Waals surface area contributed by atoms with Gasteiger partial charge in [0, 0.05) is 11.6 Å². The molecule has 7 nitrogen and oxygen atoms in total. The maximum atomic E-state index is 12.6. The van der Waals surface area contributed by atoms with Crippen LogP contribution in [0.3, 0.4) is 0 Å². The number of hydrogen-bond acceptors (Lipinski definition) is 6. The summed E-state index contributed by atoms with van der Waals surface area (Å²) in [5, 5.41) is 10.7. The highest BCUT2D eigenvalue weighted by molar-refractivity contribution is 6.04. The lowest BCUT2D eigenvalue weighted by Crippen LogP contribution is -2.15. The second-order valence-corrected chi connectivity index (χ2v) is 7.17. The van der Waals surface area contributed by atoms with Crippen molar-refractivity contribution >= 4 is 22.7 Å². The molecule has 0 saturated heterocycles. The monoisotopic (exact) mass is 389 g/mol. The van der Waals surface area contributed by atoms with Crippen molar-refractivity contribution in [2.45, 2.75) is 26.7 Å². The third kappa shape index (κ3) is 3.67. The van der Waals surface area contributed by atoms with Crippen molar-refractivity contribution in [1.82, 2.24) is 10.3 Å². The van der Waals surface area contributed by atoms with Crippen molar-refractivity contribution in [2.75, 3.05) is 5.32 Å². The standard InChI is InChI=1S/C22H19N3O4/c1-12(2)14-5-7-15(8-6-14)20-21(25-29-24-20)23-22(27)19-11-17(26)16-10-13(3)4-9-18(16)28-19/h4-12H,1-3H3,(H,23,25,27). The fourth-order valence-corrected chi connectivity index (χ4v) is 3.04. The lowest BCUT2D eigenvalue weighted by Gasteiger charge is -2.07. The normalized spacial score (nSPS) is 11.2. The number of rotatable bonds is 4. The van der Waals surface area contributed by atoms with Crippen LogP contribution in [0.4, 0.5) is 5.82 Å². The minimum absolute atomic E-state index is 0.115. The van der Waals surface area contributed by atoms with E-state index in [2.05, 4.69) is 29.5 Å². The molecule has 7 heteroatoms. The van der Waals surface area contributed by atoms with Crippen LogP contribution in [0.15, 0.2) is 62.4 Å². The first-order valence-corrected chi connectivity index (χ1v) is 9.21. The topological polar surface area (TPSA) is 98.2 Å². The lowest BCUT2D eigenvalue weighted by atomic mass is 10.0. The number of benzene rings is 2. The summed E-state index contributed by atoms with van der Waals surface area (Å²) >= 11 is 0. The summed E-state index contributed by atoms with van der Waals surface area (Å²) in [6.45, 7) is 6.10. The van der Waals surface area contributed by atoms with Crippen LogP contribution in [0.2, 0.25) is 0 Å². The van der Waals surface area contributed by atoms with Crippen LogP contribution in [0.25, 0.3) is 22.2 Å². The number of aromatic nitrogens is 2. The molecule has 2 heterocycles. The summed E-state index contributed by atoms with van der Waals surface area (Å²) in [4.78, 5) is 25.0. The van der Waals surface area contributed by atoms with E-state index in [1.807, 2.05) is 37.3 Å².